The lowest BCUT2D eigenvalue weighted by molar-refractivity contribution is 0.0367. The van der Waals surface area contributed by atoms with Gasteiger partial charge in [0, 0.05) is 32.2 Å². The number of ether oxygens (including phenoxy) is 1. The van der Waals surface area contributed by atoms with E-state index in [2.05, 4.69) is 29.0 Å². The molecule has 1 aromatic heterocycles. The highest BCUT2D eigenvalue weighted by Gasteiger charge is 2.15. The molecule has 0 aliphatic carbocycles. The minimum atomic E-state index is 0.390. The highest BCUT2D eigenvalue weighted by Crippen LogP contribution is 2.08. The van der Waals surface area contributed by atoms with Gasteiger partial charge in [0.1, 0.15) is 5.76 Å². The molecule has 2 heterocycles. The quantitative estimate of drug-likeness (QED) is 0.734. The fraction of sp³-hybridized carbons (Fsp3) is 0.706. The second-order valence-corrected chi connectivity index (χ2v) is 6.45. The minimum Gasteiger partial charge on any atom is -0.467 e. The molecule has 0 aromatic carbocycles. The molecule has 1 aliphatic rings. The Kier molecular flexibility index (Phi) is 7.85. The van der Waals surface area contributed by atoms with Crippen molar-refractivity contribution in [2.45, 2.75) is 39.3 Å². The number of furan rings is 1. The van der Waals surface area contributed by atoms with Gasteiger partial charge in [-0.15, -0.1) is 0 Å². The zero-order valence-electron chi connectivity index (χ0n) is 14.3. The fourth-order valence-electron chi connectivity index (χ4n) is 2.56. The minimum absolute atomic E-state index is 0.390. The Hall–Kier alpha value is -1.11. The number of morpholine rings is 1. The number of nitrogens with zero attached hydrogens (tertiary/aromatic N) is 2. The molecule has 1 aliphatic heterocycles. The average molecular weight is 340 g/mol. The maximum Gasteiger partial charge on any atom is 0.169 e. The molecule has 0 radical (unpaired) electrons. The Morgan fingerprint density at radius 3 is 2.87 bits per heavy atom. The van der Waals surface area contributed by atoms with E-state index in [4.69, 9.17) is 21.4 Å². The van der Waals surface area contributed by atoms with Gasteiger partial charge in [0.15, 0.2) is 5.11 Å². The van der Waals surface area contributed by atoms with Crippen molar-refractivity contribution in [1.29, 1.82) is 0 Å². The van der Waals surface area contributed by atoms with Crippen molar-refractivity contribution in [3.05, 3.63) is 24.2 Å². The van der Waals surface area contributed by atoms with Crippen LogP contribution in [0.25, 0.3) is 0 Å². The average Bonchev–Trinajstić information content (AvgIpc) is 3.07. The molecule has 5 nitrogen and oxygen atoms in total. The SMILES string of the molecule is CCC(C)NC(=S)N(CCCN1CCOCC1)Cc1ccco1. The third kappa shape index (κ3) is 6.49. The first kappa shape index (κ1) is 18.2. The summed E-state index contributed by atoms with van der Waals surface area (Å²) in [5.41, 5.74) is 0. The lowest BCUT2D eigenvalue weighted by atomic mass is 10.2. The van der Waals surface area contributed by atoms with Crippen molar-refractivity contribution in [3.8, 4) is 0 Å². The van der Waals surface area contributed by atoms with Crippen LogP contribution in [0.15, 0.2) is 22.8 Å². The Morgan fingerprint density at radius 2 is 2.22 bits per heavy atom. The Labute approximate surface area is 145 Å². The Morgan fingerprint density at radius 1 is 1.43 bits per heavy atom. The summed E-state index contributed by atoms with van der Waals surface area (Å²) in [6.45, 7) is 10.8. The normalized spacial score (nSPS) is 17.0. The summed E-state index contributed by atoms with van der Waals surface area (Å²) in [6, 6.07) is 4.31. The van der Waals surface area contributed by atoms with Gasteiger partial charge in [0.05, 0.1) is 26.0 Å². The van der Waals surface area contributed by atoms with E-state index in [1.54, 1.807) is 6.26 Å². The number of hydrogen-bond donors (Lipinski definition) is 1. The van der Waals surface area contributed by atoms with Crippen LogP contribution in [0, 0.1) is 0 Å². The first-order valence-electron chi connectivity index (χ1n) is 8.57. The molecule has 23 heavy (non-hydrogen) atoms. The summed E-state index contributed by atoms with van der Waals surface area (Å²) < 4.78 is 10.9. The lowest BCUT2D eigenvalue weighted by Crippen LogP contribution is -2.44. The zero-order chi connectivity index (χ0) is 16.5. The van der Waals surface area contributed by atoms with Crippen molar-refractivity contribution in [2.75, 3.05) is 39.4 Å². The molecule has 0 saturated carbocycles. The predicted molar refractivity (Wildman–Crippen MR) is 96.5 cm³/mol. The van der Waals surface area contributed by atoms with Crippen LogP contribution in [0.2, 0.25) is 0 Å². The van der Waals surface area contributed by atoms with Crippen LogP contribution in [-0.4, -0.2) is 60.3 Å². The smallest absolute Gasteiger partial charge is 0.169 e. The fourth-order valence-corrected chi connectivity index (χ4v) is 2.91. The summed E-state index contributed by atoms with van der Waals surface area (Å²) in [6.07, 6.45) is 3.86. The van der Waals surface area contributed by atoms with E-state index in [1.807, 2.05) is 12.1 Å². The summed E-state index contributed by atoms with van der Waals surface area (Å²) in [5, 5.41) is 4.23. The van der Waals surface area contributed by atoms with Crippen LogP contribution in [0.4, 0.5) is 0 Å². The molecule has 1 unspecified atom stereocenters. The molecule has 1 fully saturated rings. The van der Waals surface area contributed by atoms with Crippen LogP contribution in [0.1, 0.15) is 32.4 Å². The predicted octanol–water partition coefficient (Wildman–Crippen LogP) is 2.48. The molecule has 130 valence electrons. The number of hydrogen-bond acceptors (Lipinski definition) is 4. The van der Waals surface area contributed by atoms with Crippen molar-refractivity contribution in [1.82, 2.24) is 15.1 Å². The molecule has 1 saturated heterocycles. The maximum atomic E-state index is 5.60. The first-order valence-corrected chi connectivity index (χ1v) is 8.97. The van der Waals surface area contributed by atoms with Gasteiger partial charge >= 0.3 is 0 Å². The standard InChI is InChI=1S/C17H29N3O2S/c1-3-15(2)18-17(23)20(14-16-6-4-11-22-16)8-5-7-19-9-12-21-13-10-19/h4,6,11,15H,3,5,7-10,12-14H2,1-2H3,(H,18,23). The molecule has 6 heteroatoms. The Balaban J connectivity index is 1.83. The van der Waals surface area contributed by atoms with Gasteiger partial charge < -0.3 is 19.4 Å². The molecular weight excluding hydrogens is 310 g/mol. The number of rotatable bonds is 8. The second kappa shape index (κ2) is 9.90. The van der Waals surface area contributed by atoms with Crippen molar-refractivity contribution in [2.24, 2.45) is 0 Å². The van der Waals surface area contributed by atoms with E-state index in [1.165, 1.54) is 0 Å². The highest BCUT2D eigenvalue weighted by atomic mass is 32.1. The van der Waals surface area contributed by atoms with Gasteiger partial charge in [0.25, 0.3) is 0 Å². The van der Waals surface area contributed by atoms with Gasteiger partial charge in [0.2, 0.25) is 0 Å². The van der Waals surface area contributed by atoms with E-state index in [9.17, 15) is 0 Å². The summed E-state index contributed by atoms with van der Waals surface area (Å²) >= 11 is 5.60. The maximum absolute atomic E-state index is 5.60. The van der Waals surface area contributed by atoms with Crippen LogP contribution in [0.5, 0.6) is 0 Å². The zero-order valence-corrected chi connectivity index (χ0v) is 15.1. The van der Waals surface area contributed by atoms with Crippen molar-refractivity contribution in [3.63, 3.8) is 0 Å². The van der Waals surface area contributed by atoms with Gasteiger partial charge in [-0.05, 0) is 44.1 Å². The Bertz CT molecular complexity index is 447. The highest BCUT2D eigenvalue weighted by molar-refractivity contribution is 7.80. The van der Waals surface area contributed by atoms with Gasteiger partial charge in [-0.25, -0.2) is 0 Å². The molecule has 0 bridgehead atoms. The van der Waals surface area contributed by atoms with Crippen LogP contribution >= 0.6 is 12.2 Å². The van der Waals surface area contributed by atoms with Crippen LogP contribution in [-0.2, 0) is 11.3 Å². The molecule has 1 N–H and O–H groups in total. The lowest BCUT2D eigenvalue weighted by Gasteiger charge is -2.30. The van der Waals surface area contributed by atoms with E-state index in [-0.39, 0.29) is 0 Å². The van der Waals surface area contributed by atoms with Crippen molar-refractivity contribution >= 4 is 17.3 Å². The molecule has 0 amide bonds. The van der Waals surface area contributed by atoms with Crippen LogP contribution in [0.3, 0.4) is 0 Å². The van der Waals surface area contributed by atoms with Gasteiger partial charge in [-0.2, -0.15) is 0 Å². The van der Waals surface area contributed by atoms with E-state index >= 15 is 0 Å². The van der Waals surface area contributed by atoms with Gasteiger partial charge in [-0.1, -0.05) is 6.92 Å². The largest absolute Gasteiger partial charge is 0.467 e. The second-order valence-electron chi connectivity index (χ2n) is 6.07. The topological polar surface area (TPSA) is 40.9 Å². The van der Waals surface area contributed by atoms with Crippen molar-refractivity contribution < 1.29 is 9.15 Å². The van der Waals surface area contributed by atoms with E-state index in [0.29, 0.717) is 6.04 Å². The van der Waals surface area contributed by atoms with Gasteiger partial charge in [-0.3, -0.25) is 4.90 Å². The van der Waals surface area contributed by atoms with E-state index in [0.717, 1.165) is 69.7 Å². The van der Waals surface area contributed by atoms with E-state index < -0.39 is 0 Å². The molecule has 1 aromatic rings. The summed E-state index contributed by atoms with van der Waals surface area (Å²) in [7, 11) is 0. The first-order chi connectivity index (χ1) is 11.2. The van der Waals surface area contributed by atoms with Crippen LogP contribution < -0.4 is 5.32 Å². The third-order valence-corrected chi connectivity index (χ3v) is 4.58. The third-order valence-electron chi connectivity index (χ3n) is 4.20. The molecule has 0 spiro atoms. The monoisotopic (exact) mass is 339 g/mol. The summed E-state index contributed by atoms with van der Waals surface area (Å²) in [4.78, 5) is 4.67. The summed E-state index contributed by atoms with van der Waals surface area (Å²) in [5.74, 6) is 0.949. The molecule has 1 atom stereocenters. The number of nitrogens with one attached hydrogen (secondary N) is 1. The number of thiocarbonyl (C=S) groups is 1. The molecule has 2 rings (SSSR count). The molecular formula is C17H29N3O2S.